The zero-order valence-electron chi connectivity index (χ0n) is 7.74. The molecule has 0 saturated heterocycles. The van der Waals surface area contributed by atoms with E-state index < -0.39 is 0 Å². The zero-order chi connectivity index (χ0) is 9.07. The molecule has 12 heavy (non-hydrogen) atoms. The molecule has 0 aliphatic rings. The van der Waals surface area contributed by atoms with Crippen molar-refractivity contribution in [2.24, 2.45) is 0 Å². The van der Waals surface area contributed by atoms with E-state index in [-0.39, 0.29) is 0 Å². The minimum absolute atomic E-state index is 1.03. The van der Waals surface area contributed by atoms with Gasteiger partial charge in [-0.25, -0.2) is 0 Å². The van der Waals surface area contributed by atoms with E-state index in [4.69, 9.17) is 5.11 Å². The molecule has 0 aliphatic carbocycles. The standard InChI is InChI=1S/C11H18O/c1-2-3-4-5-6-7-8-9-10-11-12/h6-12H,2-5H2,1H3. The summed E-state index contributed by atoms with van der Waals surface area (Å²) in [6.07, 6.45) is 15.5. The average Bonchev–Trinajstić information content (AvgIpc) is 2.10. The average molecular weight is 166 g/mol. The van der Waals surface area contributed by atoms with Crippen molar-refractivity contribution in [3.05, 3.63) is 36.6 Å². The molecule has 0 aliphatic heterocycles. The summed E-state index contributed by atoms with van der Waals surface area (Å²) in [5, 5.41) is 8.28. The summed E-state index contributed by atoms with van der Waals surface area (Å²) in [5.41, 5.74) is 0. The van der Waals surface area contributed by atoms with Crippen molar-refractivity contribution in [1.82, 2.24) is 0 Å². The van der Waals surface area contributed by atoms with E-state index in [1.54, 1.807) is 12.2 Å². The number of unbranched alkanes of at least 4 members (excludes halogenated alkanes) is 3. The molecule has 1 heteroatoms. The summed E-state index contributed by atoms with van der Waals surface area (Å²) >= 11 is 0. The van der Waals surface area contributed by atoms with Gasteiger partial charge in [-0.05, 0) is 18.9 Å². The van der Waals surface area contributed by atoms with Crippen LogP contribution in [0.1, 0.15) is 32.6 Å². The SMILES string of the molecule is CCCCCC=CC=CC=CO. The van der Waals surface area contributed by atoms with Crippen LogP contribution in [-0.4, -0.2) is 5.11 Å². The molecule has 68 valence electrons. The van der Waals surface area contributed by atoms with Gasteiger partial charge in [-0.2, -0.15) is 0 Å². The van der Waals surface area contributed by atoms with Gasteiger partial charge < -0.3 is 5.11 Å². The predicted octanol–water partition coefficient (Wildman–Crippen LogP) is 3.75. The minimum Gasteiger partial charge on any atom is -0.516 e. The quantitative estimate of drug-likeness (QED) is 0.362. The number of aliphatic hydroxyl groups excluding tert-OH is 1. The Morgan fingerprint density at radius 1 is 1.00 bits per heavy atom. The fourth-order valence-corrected chi connectivity index (χ4v) is 0.865. The van der Waals surface area contributed by atoms with E-state index in [1.165, 1.54) is 19.3 Å². The van der Waals surface area contributed by atoms with Gasteiger partial charge in [0.05, 0.1) is 6.26 Å². The summed E-state index contributed by atoms with van der Waals surface area (Å²) in [6, 6.07) is 0. The normalized spacial score (nSPS) is 12.4. The predicted molar refractivity (Wildman–Crippen MR) is 54.2 cm³/mol. The number of aliphatic hydroxyl groups is 1. The largest absolute Gasteiger partial charge is 0.516 e. The third-order valence-electron chi connectivity index (χ3n) is 1.53. The smallest absolute Gasteiger partial charge is 0.0791 e. The summed E-state index contributed by atoms with van der Waals surface area (Å²) < 4.78 is 0. The highest BCUT2D eigenvalue weighted by Gasteiger charge is 1.79. The van der Waals surface area contributed by atoms with Gasteiger partial charge in [0.25, 0.3) is 0 Å². The van der Waals surface area contributed by atoms with E-state index in [0.29, 0.717) is 0 Å². The second-order valence-corrected chi connectivity index (χ2v) is 2.65. The van der Waals surface area contributed by atoms with Crippen LogP contribution in [-0.2, 0) is 0 Å². The maximum Gasteiger partial charge on any atom is 0.0791 e. The molecule has 0 spiro atoms. The summed E-state index contributed by atoms with van der Waals surface area (Å²) in [4.78, 5) is 0. The van der Waals surface area contributed by atoms with Gasteiger partial charge >= 0.3 is 0 Å². The van der Waals surface area contributed by atoms with Crippen molar-refractivity contribution in [2.45, 2.75) is 32.6 Å². The van der Waals surface area contributed by atoms with Crippen LogP contribution in [0.3, 0.4) is 0 Å². The Hall–Kier alpha value is -0.980. The van der Waals surface area contributed by atoms with Crippen molar-refractivity contribution in [3.8, 4) is 0 Å². The lowest BCUT2D eigenvalue weighted by molar-refractivity contribution is 0.474. The lowest BCUT2D eigenvalue weighted by atomic mass is 10.2. The Bertz CT molecular complexity index is 154. The van der Waals surface area contributed by atoms with Gasteiger partial charge in [0.2, 0.25) is 0 Å². The monoisotopic (exact) mass is 166 g/mol. The Balaban J connectivity index is 3.24. The van der Waals surface area contributed by atoms with Crippen molar-refractivity contribution in [3.63, 3.8) is 0 Å². The molecule has 0 radical (unpaired) electrons. The summed E-state index contributed by atoms with van der Waals surface area (Å²) in [5.74, 6) is 0. The molecule has 0 unspecified atom stereocenters. The number of hydrogen-bond donors (Lipinski definition) is 1. The molecule has 0 fully saturated rings. The molecule has 1 N–H and O–H groups in total. The van der Waals surface area contributed by atoms with Crippen LogP contribution < -0.4 is 0 Å². The molecule has 0 bridgehead atoms. The second-order valence-electron chi connectivity index (χ2n) is 2.65. The summed E-state index contributed by atoms with van der Waals surface area (Å²) in [6.45, 7) is 2.20. The first-order chi connectivity index (χ1) is 5.91. The van der Waals surface area contributed by atoms with Crippen LogP contribution in [0, 0.1) is 0 Å². The molecule has 0 heterocycles. The Kier molecular flexibility index (Phi) is 9.20. The van der Waals surface area contributed by atoms with Gasteiger partial charge in [0.15, 0.2) is 0 Å². The molecule has 0 saturated carbocycles. The lowest BCUT2D eigenvalue weighted by Crippen LogP contribution is -1.69. The highest BCUT2D eigenvalue weighted by atomic mass is 16.2. The molecule has 1 nitrogen and oxygen atoms in total. The first kappa shape index (κ1) is 11.0. The third kappa shape index (κ3) is 9.02. The highest BCUT2D eigenvalue weighted by molar-refractivity contribution is 5.09. The number of allylic oxidation sites excluding steroid dienone is 5. The van der Waals surface area contributed by atoms with Crippen molar-refractivity contribution in [1.29, 1.82) is 0 Å². The van der Waals surface area contributed by atoms with Crippen molar-refractivity contribution >= 4 is 0 Å². The van der Waals surface area contributed by atoms with E-state index in [9.17, 15) is 0 Å². The van der Waals surface area contributed by atoms with Gasteiger partial charge in [-0.3, -0.25) is 0 Å². The van der Waals surface area contributed by atoms with Crippen LogP contribution in [0.2, 0.25) is 0 Å². The number of rotatable bonds is 6. The zero-order valence-corrected chi connectivity index (χ0v) is 7.74. The first-order valence-corrected chi connectivity index (χ1v) is 4.54. The Morgan fingerprint density at radius 3 is 2.42 bits per heavy atom. The van der Waals surface area contributed by atoms with Crippen LogP contribution in [0.15, 0.2) is 36.6 Å². The third-order valence-corrected chi connectivity index (χ3v) is 1.53. The van der Waals surface area contributed by atoms with Crippen molar-refractivity contribution in [2.75, 3.05) is 0 Å². The van der Waals surface area contributed by atoms with Gasteiger partial charge in [0, 0.05) is 0 Å². The molecule has 0 rings (SSSR count). The summed E-state index contributed by atoms with van der Waals surface area (Å²) in [7, 11) is 0. The lowest BCUT2D eigenvalue weighted by Gasteiger charge is -1.89. The van der Waals surface area contributed by atoms with Crippen LogP contribution in [0.5, 0.6) is 0 Å². The fourth-order valence-electron chi connectivity index (χ4n) is 0.865. The Morgan fingerprint density at radius 2 is 1.75 bits per heavy atom. The fraction of sp³-hybridized carbons (Fsp3) is 0.455. The van der Waals surface area contributed by atoms with Crippen LogP contribution in [0.25, 0.3) is 0 Å². The number of hydrogen-bond acceptors (Lipinski definition) is 1. The molecule has 0 aromatic carbocycles. The molecule has 0 aromatic heterocycles. The van der Waals surface area contributed by atoms with Gasteiger partial charge in [-0.1, -0.05) is 44.1 Å². The van der Waals surface area contributed by atoms with E-state index in [1.807, 2.05) is 12.2 Å². The first-order valence-electron chi connectivity index (χ1n) is 4.54. The topological polar surface area (TPSA) is 20.2 Å². The van der Waals surface area contributed by atoms with Gasteiger partial charge in [-0.15, -0.1) is 0 Å². The minimum atomic E-state index is 1.03. The van der Waals surface area contributed by atoms with Gasteiger partial charge in [0.1, 0.15) is 0 Å². The van der Waals surface area contributed by atoms with Crippen LogP contribution in [0.4, 0.5) is 0 Å². The molecular weight excluding hydrogens is 148 g/mol. The Labute approximate surface area is 75.1 Å². The van der Waals surface area contributed by atoms with Crippen molar-refractivity contribution < 1.29 is 5.11 Å². The second kappa shape index (κ2) is 10.0. The van der Waals surface area contributed by atoms with E-state index in [2.05, 4.69) is 13.0 Å². The molecule has 0 aromatic rings. The molecular formula is C11H18O. The maximum atomic E-state index is 8.28. The maximum absolute atomic E-state index is 8.28. The highest BCUT2D eigenvalue weighted by Crippen LogP contribution is 1.99. The van der Waals surface area contributed by atoms with E-state index in [0.717, 1.165) is 12.7 Å². The molecule has 0 amide bonds. The van der Waals surface area contributed by atoms with E-state index >= 15 is 0 Å². The van der Waals surface area contributed by atoms with Crippen LogP contribution >= 0.6 is 0 Å². The molecule has 0 atom stereocenters.